The van der Waals surface area contributed by atoms with E-state index in [1.165, 1.54) is 0 Å². The van der Waals surface area contributed by atoms with E-state index in [2.05, 4.69) is 10.2 Å². The molecule has 0 fully saturated rings. The van der Waals surface area contributed by atoms with Crippen LogP contribution in [0.25, 0.3) is 0 Å². The van der Waals surface area contributed by atoms with Gasteiger partial charge in [-0.25, -0.2) is 0 Å². The van der Waals surface area contributed by atoms with E-state index in [9.17, 15) is 5.11 Å². The number of nitrogens with zero attached hydrogens (tertiary/aromatic N) is 3. The van der Waals surface area contributed by atoms with Crippen LogP contribution in [-0.4, -0.2) is 35.6 Å². The zero-order valence-corrected chi connectivity index (χ0v) is 13.9. The van der Waals surface area contributed by atoms with Gasteiger partial charge in [0.15, 0.2) is 10.3 Å². The summed E-state index contributed by atoms with van der Waals surface area (Å²) in [5.41, 5.74) is 2.53. The predicted octanol–water partition coefficient (Wildman–Crippen LogP) is 3.10. The molecule has 1 heterocycles. The molecule has 0 aliphatic rings. The van der Waals surface area contributed by atoms with Crippen LogP contribution in [0.1, 0.15) is 11.1 Å². The summed E-state index contributed by atoms with van der Waals surface area (Å²) in [7, 11) is 1.62. The van der Waals surface area contributed by atoms with Gasteiger partial charge in [0.1, 0.15) is 5.75 Å². The lowest BCUT2D eigenvalue weighted by atomic mass is 10.1. The van der Waals surface area contributed by atoms with Crippen molar-refractivity contribution in [2.45, 2.75) is 13.5 Å². The van der Waals surface area contributed by atoms with Gasteiger partial charge in [0.2, 0.25) is 0 Å². The number of benzene rings is 1. The number of ether oxygens (including phenoxy) is 1. The second kappa shape index (κ2) is 7.63. The average Bonchev–Trinajstić information content (AvgIpc) is 2.54. The summed E-state index contributed by atoms with van der Waals surface area (Å²) in [6.07, 6.45) is 0. The highest BCUT2D eigenvalue weighted by Gasteiger charge is 2.15. The van der Waals surface area contributed by atoms with E-state index in [1.807, 2.05) is 36.1 Å². The summed E-state index contributed by atoms with van der Waals surface area (Å²) < 4.78 is 5.16. The molecule has 5 nitrogen and oxygen atoms in total. The molecule has 0 aliphatic carbocycles. The van der Waals surface area contributed by atoms with Crippen LogP contribution in [0.5, 0.6) is 5.75 Å². The number of anilines is 1. The first-order valence-electron chi connectivity index (χ1n) is 6.73. The maximum atomic E-state index is 9.32. The molecular formula is C15H17Cl2N3O2. The van der Waals surface area contributed by atoms with Crippen LogP contribution in [0.15, 0.2) is 24.3 Å². The Morgan fingerprint density at radius 2 is 1.77 bits per heavy atom. The highest BCUT2D eigenvalue weighted by molar-refractivity contribution is 6.32. The lowest BCUT2D eigenvalue weighted by Gasteiger charge is -2.25. The van der Waals surface area contributed by atoms with Crippen LogP contribution in [-0.2, 0) is 6.54 Å². The van der Waals surface area contributed by atoms with Crippen molar-refractivity contribution in [2.75, 3.05) is 25.2 Å². The Kier molecular flexibility index (Phi) is 5.83. The Bertz CT molecular complexity index is 635. The fourth-order valence-electron chi connectivity index (χ4n) is 2.09. The molecule has 1 N–H and O–H groups in total. The number of aromatic nitrogens is 2. The van der Waals surface area contributed by atoms with Gasteiger partial charge in [0.25, 0.3) is 0 Å². The SMILES string of the molecule is COc1ccc(N(CCO)Cc2c(Cl)nnc(Cl)c2C)cc1. The molecule has 7 heteroatoms. The number of methoxy groups -OCH3 is 1. The molecule has 118 valence electrons. The van der Waals surface area contributed by atoms with Crippen LogP contribution in [0.2, 0.25) is 10.3 Å². The van der Waals surface area contributed by atoms with E-state index in [-0.39, 0.29) is 6.61 Å². The minimum atomic E-state index is 0.0228. The molecule has 2 rings (SSSR count). The monoisotopic (exact) mass is 341 g/mol. The molecule has 0 atom stereocenters. The van der Waals surface area contributed by atoms with Gasteiger partial charge in [-0.2, -0.15) is 0 Å². The Morgan fingerprint density at radius 1 is 1.14 bits per heavy atom. The molecule has 0 saturated carbocycles. The molecule has 0 amide bonds. The van der Waals surface area contributed by atoms with Crippen molar-refractivity contribution in [3.8, 4) is 5.75 Å². The van der Waals surface area contributed by atoms with Crippen molar-refractivity contribution in [1.29, 1.82) is 0 Å². The average molecular weight is 342 g/mol. The molecule has 0 spiro atoms. The predicted molar refractivity (Wildman–Crippen MR) is 87.9 cm³/mol. The topological polar surface area (TPSA) is 58.5 Å². The van der Waals surface area contributed by atoms with Gasteiger partial charge in [-0.1, -0.05) is 23.2 Å². The molecule has 2 aromatic rings. The number of aliphatic hydroxyl groups is 1. The Labute approximate surface area is 139 Å². The second-order valence-corrected chi connectivity index (χ2v) is 5.44. The highest BCUT2D eigenvalue weighted by atomic mass is 35.5. The zero-order valence-electron chi connectivity index (χ0n) is 12.4. The van der Waals surface area contributed by atoms with Crippen LogP contribution in [0.3, 0.4) is 0 Å². The summed E-state index contributed by atoms with van der Waals surface area (Å²) in [6, 6.07) is 7.58. The lowest BCUT2D eigenvalue weighted by molar-refractivity contribution is 0.301. The number of rotatable bonds is 6. The first-order chi connectivity index (χ1) is 10.6. The zero-order chi connectivity index (χ0) is 16.1. The third-order valence-electron chi connectivity index (χ3n) is 3.39. The summed E-state index contributed by atoms with van der Waals surface area (Å²) >= 11 is 12.2. The second-order valence-electron chi connectivity index (χ2n) is 4.73. The van der Waals surface area contributed by atoms with Crippen molar-refractivity contribution in [2.24, 2.45) is 0 Å². The normalized spacial score (nSPS) is 10.6. The largest absolute Gasteiger partial charge is 0.497 e. The minimum Gasteiger partial charge on any atom is -0.497 e. The molecular weight excluding hydrogens is 325 g/mol. The van der Waals surface area contributed by atoms with E-state index in [0.717, 1.165) is 22.6 Å². The fraction of sp³-hybridized carbons (Fsp3) is 0.333. The number of aliphatic hydroxyl groups excluding tert-OH is 1. The molecule has 1 aromatic carbocycles. The number of hydrogen-bond donors (Lipinski definition) is 1. The highest BCUT2D eigenvalue weighted by Crippen LogP contribution is 2.26. The Balaban J connectivity index is 2.30. The van der Waals surface area contributed by atoms with Gasteiger partial charge in [-0.3, -0.25) is 0 Å². The van der Waals surface area contributed by atoms with Crippen molar-refractivity contribution >= 4 is 28.9 Å². The summed E-state index contributed by atoms with van der Waals surface area (Å²) in [4.78, 5) is 1.99. The van der Waals surface area contributed by atoms with Crippen molar-refractivity contribution < 1.29 is 9.84 Å². The molecule has 22 heavy (non-hydrogen) atoms. The maximum absolute atomic E-state index is 9.32. The van der Waals surface area contributed by atoms with Gasteiger partial charge >= 0.3 is 0 Å². The van der Waals surface area contributed by atoms with Crippen LogP contribution >= 0.6 is 23.2 Å². The Morgan fingerprint density at radius 3 is 2.36 bits per heavy atom. The summed E-state index contributed by atoms with van der Waals surface area (Å²) in [5, 5.41) is 17.6. The third kappa shape index (κ3) is 3.80. The summed E-state index contributed by atoms with van der Waals surface area (Å²) in [5.74, 6) is 0.774. The summed E-state index contributed by atoms with van der Waals surface area (Å²) in [6.45, 7) is 2.81. The first-order valence-corrected chi connectivity index (χ1v) is 7.49. The van der Waals surface area contributed by atoms with Crippen molar-refractivity contribution in [3.05, 3.63) is 45.7 Å². The smallest absolute Gasteiger partial charge is 0.157 e. The van der Waals surface area contributed by atoms with Gasteiger partial charge in [-0.15, -0.1) is 10.2 Å². The van der Waals surface area contributed by atoms with Crippen molar-refractivity contribution in [1.82, 2.24) is 10.2 Å². The van der Waals surface area contributed by atoms with Crippen LogP contribution < -0.4 is 9.64 Å². The lowest BCUT2D eigenvalue weighted by Crippen LogP contribution is -2.27. The fourth-order valence-corrected chi connectivity index (χ4v) is 2.48. The van der Waals surface area contributed by atoms with Crippen molar-refractivity contribution in [3.63, 3.8) is 0 Å². The van der Waals surface area contributed by atoms with Crippen LogP contribution in [0, 0.1) is 6.92 Å². The van der Waals surface area contributed by atoms with Crippen LogP contribution in [0.4, 0.5) is 5.69 Å². The van der Waals surface area contributed by atoms with E-state index >= 15 is 0 Å². The molecule has 1 aromatic heterocycles. The standard InChI is InChI=1S/C15H17Cl2N3O2/c1-10-13(15(17)19-18-14(10)16)9-20(7-8-21)11-3-5-12(22-2)6-4-11/h3-6,21H,7-9H2,1-2H3. The van der Waals surface area contributed by atoms with E-state index in [1.54, 1.807) is 7.11 Å². The minimum absolute atomic E-state index is 0.0228. The third-order valence-corrected chi connectivity index (χ3v) is 4.06. The maximum Gasteiger partial charge on any atom is 0.157 e. The molecule has 0 bridgehead atoms. The molecule has 0 aliphatic heterocycles. The van der Waals surface area contributed by atoms with Gasteiger partial charge in [0, 0.05) is 24.3 Å². The van der Waals surface area contributed by atoms with E-state index in [0.29, 0.717) is 23.4 Å². The quantitative estimate of drug-likeness (QED) is 0.874. The molecule has 0 unspecified atom stereocenters. The number of halogens is 2. The van der Waals surface area contributed by atoms with Gasteiger partial charge in [-0.05, 0) is 36.8 Å². The van der Waals surface area contributed by atoms with Gasteiger partial charge in [0.05, 0.1) is 13.7 Å². The Hall–Kier alpha value is -1.56. The first kappa shape index (κ1) is 16.8. The van der Waals surface area contributed by atoms with E-state index < -0.39 is 0 Å². The molecule has 0 saturated heterocycles. The van der Waals surface area contributed by atoms with Gasteiger partial charge < -0.3 is 14.7 Å². The number of hydrogen-bond acceptors (Lipinski definition) is 5. The molecule has 0 radical (unpaired) electrons. The van der Waals surface area contributed by atoms with E-state index in [4.69, 9.17) is 27.9 Å².